The van der Waals surface area contributed by atoms with Gasteiger partial charge in [-0.15, -0.1) is 24.0 Å². The van der Waals surface area contributed by atoms with Crippen LogP contribution in [0.5, 0.6) is 17.2 Å². The number of rotatable bonds is 9. The molecule has 1 unspecified atom stereocenters. The van der Waals surface area contributed by atoms with Crippen molar-refractivity contribution >= 4 is 35.6 Å². The van der Waals surface area contributed by atoms with Crippen molar-refractivity contribution in [2.45, 2.75) is 32.5 Å². The van der Waals surface area contributed by atoms with Gasteiger partial charge in [0.25, 0.3) is 0 Å². The van der Waals surface area contributed by atoms with E-state index in [1.54, 1.807) is 32.4 Å². The molecule has 7 nitrogen and oxygen atoms in total. The van der Waals surface area contributed by atoms with Gasteiger partial charge in [-0.05, 0) is 31.5 Å². The van der Waals surface area contributed by atoms with Gasteiger partial charge in [-0.25, -0.2) is 4.99 Å². The minimum atomic E-state index is -2.85. The molecule has 0 spiro atoms. The molecule has 1 atom stereocenters. The van der Waals surface area contributed by atoms with E-state index in [1.807, 2.05) is 36.1 Å². The van der Waals surface area contributed by atoms with Gasteiger partial charge in [-0.3, -0.25) is 0 Å². The molecule has 2 aromatic rings. The number of nitrogens with one attached hydrogen (secondary N) is 2. The van der Waals surface area contributed by atoms with Crippen LogP contribution in [-0.4, -0.2) is 52.5 Å². The Hall–Kier alpha value is -2.50. The Bertz CT molecular complexity index is 917. The quantitative estimate of drug-likeness (QED) is 0.265. The summed E-state index contributed by atoms with van der Waals surface area (Å²) in [5.74, 6) is 2.20. The van der Waals surface area contributed by atoms with Crippen molar-refractivity contribution in [3.05, 3.63) is 48.0 Å². The first-order chi connectivity index (χ1) is 15.5. The molecular formula is C23H31F2IN4O3. The lowest BCUT2D eigenvalue weighted by Gasteiger charge is -2.22. The van der Waals surface area contributed by atoms with E-state index < -0.39 is 6.61 Å². The molecule has 1 saturated heterocycles. The second-order valence-corrected chi connectivity index (χ2v) is 7.27. The number of aliphatic imine (C=N–C) groups is 1. The van der Waals surface area contributed by atoms with Gasteiger partial charge >= 0.3 is 6.61 Å². The average molecular weight is 576 g/mol. The SMILES string of the molecule is CCNC(=NCc1cccc(OC)c1OC)NC1CCN(c2ccccc2OC(F)F)C1.I. The first-order valence-corrected chi connectivity index (χ1v) is 10.6. The molecule has 0 saturated carbocycles. The summed E-state index contributed by atoms with van der Waals surface area (Å²) in [7, 11) is 3.21. The minimum absolute atomic E-state index is 0. The molecule has 1 aliphatic heterocycles. The summed E-state index contributed by atoms with van der Waals surface area (Å²) in [6.07, 6.45) is 0.843. The Labute approximate surface area is 210 Å². The molecule has 10 heteroatoms. The van der Waals surface area contributed by atoms with Crippen LogP contribution in [0.4, 0.5) is 14.5 Å². The second-order valence-electron chi connectivity index (χ2n) is 7.27. The van der Waals surface area contributed by atoms with Crippen molar-refractivity contribution in [2.24, 2.45) is 4.99 Å². The van der Waals surface area contributed by atoms with Crippen LogP contribution in [0.3, 0.4) is 0 Å². The molecule has 182 valence electrons. The summed E-state index contributed by atoms with van der Waals surface area (Å²) in [6, 6.07) is 12.7. The zero-order chi connectivity index (χ0) is 22.9. The molecule has 1 aliphatic rings. The van der Waals surface area contributed by atoms with Crippen LogP contribution >= 0.6 is 24.0 Å². The Morgan fingerprint density at radius 3 is 2.58 bits per heavy atom. The number of hydrogen-bond donors (Lipinski definition) is 2. The van der Waals surface area contributed by atoms with E-state index in [-0.39, 0.29) is 35.8 Å². The third-order valence-electron chi connectivity index (χ3n) is 5.19. The van der Waals surface area contributed by atoms with Crippen LogP contribution < -0.4 is 29.7 Å². The summed E-state index contributed by atoms with van der Waals surface area (Å²) < 4.78 is 41.0. The van der Waals surface area contributed by atoms with Crippen LogP contribution in [0.1, 0.15) is 18.9 Å². The summed E-state index contributed by atoms with van der Waals surface area (Å²) in [5.41, 5.74) is 1.58. The molecule has 0 radical (unpaired) electrons. The molecule has 1 heterocycles. The summed E-state index contributed by atoms with van der Waals surface area (Å²) in [5, 5.41) is 6.71. The van der Waals surface area contributed by atoms with Gasteiger partial charge in [0.2, 0.25) is 0 Å². The number of ether oxygens (including phenoxy) is 3. The Kier molecular flexibility index (Phi) is 10.8. The lowest BCUT2D eigenvalue weighted by atomic mass is 10.2. The van der Waals surface area contributed by atoms with Gasteiger partial charge in [0.1, 0.15) is 5.75 Å². The smallest absolute Gasteiger partial charge is 0.387 e. The van der Waals surface area contributed by atoms with Crippen molar-refractivity contribution in [3.63, 3.8) is 0 Å². The highest BCUT2D eigenvalue weighted by Crippen LogP contribution is 2.32. The molecule has 0 aromatic heterocycles. The topological polar surface area (TPSA) is 67.4 Å². The molecule has 0 amide bonds. The fourth-order valence-electron chi connectivity index (χ4n) is 3.77. The van der Waals surface area contributed by atoms with E-state index >= 15 is 0 Å². The predicted octanol–water partition coefficient (Wildman–Crippen LogP) is 4.26. The van der Waals surface area contributed by atoms with Crippen molar-refractivity contribution in [1.29, 1.82) is 0 Å². The number of para-hydroxylation sites is 3. The molecular weight excluding hydrogens is 545 g/mol. The highest BCUT2D eigenvalue weighted by atomic mass is 127. The maximum Gasteiger partial charge on any atom is 0.387 e. The zero-order valence-electron chi connectivity index (χ0n) is 19.0. The average Bonchev–Trinajstić information content (AvgIpc) is 3.25. The number of nitrogens with zero attached hydrogens (tertiary/aromatic N) is 2. The Balaban J connectivity index is 0.00000385. The first-order valence-electron chi connectivity index (χ1n) is 10.6. The lowest BCUT2D eigenvalue weighted by Crippen LogP contribution is -2.44. The van der Waals surface area contributed by atoms with Crippen molar-refractivity contribution < 1.29 is 23.0 Å². The number of methoxy groups -OCH3 is 2. The minimum Gasteiger partial charge on any atom is -0.493 e. The Morgan fingerprint density at radius 2 is 1.88 bits per heavy atom. The lowest BCUT2D eigenvalue weighted by molar-refractivity contribution is -0.0495. The fourth-order valence-corrected chi connectivity index (χ4v) is 3.77. The highest BCUT2D eigenvalue weighted by molar-refractivity contribution is 14.0. The molecule has 0 bridgehead atoms. The maximum atomic E-state index is 12.8. The van der Waals surface area contributed by atoms with E-state index in [0.717, 1.165) is 18.5 Å². The highest BCUT2D eigenvalue weighted by Gasteiger charge is 2.26. The number of anilines is 1. The Morgan fingerprint density at radius 1 is 1.12 bits per heavy atom. The second kappa shape index (κ2) is 13.3. The number of alkyl halides is 2. The normalized spacial score (nSPS) is 15.8. The standard InChI is InChI=1S/C23H30F2N4O3.HI/c1-4-26-23(27-14-16-8-7-11-20(30-2)21(16)31-3)28-17-12-13-29(15-17)18-9-5-6-10-19(18)32-22(24)25;/h5-11,17,22H,4,12-15H2,1-3H3,(H2,26,27,28);1H. The van der Waals surface area contributed by atoms with Gasteiger partial charge in [-0.2, -0.15) is 8.78 Å². The van der Waals surface area contributed by atoms with E-state index in [0.29, 0.717) is 42.8 Å². The van der Waals surface area contributed by atoms with Crippen LogP contribution in [0.25, 0.3) is 0 Å². The monoisotopic (exact) mass is 576 g/mol. The van der Waals surface area contributed by atoms with Crippen LogP contribution in [0.2, 0.25) is 0 Å². The fraction of sp³-hybridized carbons (Fsp3) is 0.435. The number of hydrogen-bond acceptors (Lipinski definition) is 5. The van der Waals surface area contributed by atoms with Gasteiger partial charge in [0.15, 0.2) is 17.5 Å². The van der Waals surface area contributed by atoms with Gasteiger partial charge in [-0.1, -0.05) is 24.3 Å². The van der Waals surface area contributed by atoms with E-state index in [9.17, 15) is 8.78 Å². The zero-order valence-corrected chi connectivity index (χ0v) is 21.3. The van der Waals surface area contributed by atoms with Crippen molar-refractivity contribution in [1.82, 2.24) is 10.6 Å². The predicted molar refractivity (Wildman–Crippen MR) is 137 cm³/mol. The molecule has 3 rings (SSSR count). The van der Waals surface area contributed by atoms with Crippen LogP contribution in [0.15, 0.2) is 47.5 Å². The third kappa shape index (κ3) is 7.24. The number of benzene rings is 2. The van der Waals surface area contributed by atoms with Crippen molar-refractivity contribution in [3.8, 4) is 17.2 Å². The summed E-state index contributed by atoms with van der Waals surface area (Å²) in [6.45, 7) is 1.65. The van der Waals surface area contributed by atoms with Crippen LogP contribution in [-0.2, 0) is 6.54 Å². The molecule has 2 N–H and O–H groups in total. The summed E-state index contributed by atoms with van der Waals surface area (Å²) >= 11 is 0. The molecule has 33 heavy (non-hydrogen) atoms. The largest absolute Gasteiger partial charge is 0.493 e. The third-order valence-corrected chi connectivity index (χ3v) is 5.19. The van der Waals surface area contributed by atoms with Crippen LogP contribution in [0, 0.1) is 0 Å². The number of halogens is 3. The first kappa shape index (κ1) is 26.7. The number of guanidine groups is 1. The van der Waals surface area contributed by atoms with E-state index in [4.69, 9.17) is 14.5 Å². The van der Waals surface area contributed by atoms with E-state index in [1.165, 1.54) is 0 Å². The van der Waals surface area contributed by atoms with Gasteiger partial charge < -0.3 is 29.7 Å². The van der Waals surface area contributed by atoms with Crippen molar-refractivity contribution in [2.75, 3.05) is 38.8 Å². The molecule has 2 aromatic carbocycles. The maximum absolute atomic E-state index is 12.8. The molecule has 1 fully saturated rings. The van der Waals surface area contributed by atoms with Gasteiger partial charge in [0, 0.05) is 31.2 Å². The van der Waals surface area contributed by atoms with E-state index in [2.05, 4.69) is 15.4 Å². The summed E-state index contributed by atoms with van der Waals surface area (Å²) in [4.78, 5) is 6.75. The van der Waals surface area contributed by atoms with Gasteiger partial charge in [0.05, 0.1) is 26.5 Å². The molecule has 0 aliphatic carbocycles.